The first-order chi connectivity index (χ1) is 13.5. The van der Waals surface area contributed by atoms with Crippen molar-refractivity contribution >= 4 is 51.1 Å². The largest absolute Gasteiger partial charge is 0.462 e. The summed E-state index contributed by atoms with van der Waals surface area (Å²) in [4.78, 5) is 29.1. The second-order valence-corrected chi connectivity index (χ2v) is 7.25. The van der Waals surface area contributed by atoms with Crippen LogP contribution in [-0.4, -0.2) is 23.1 Å². The van der Waals surface area contributed by atoms with E-state index in [0.29, 0.717) is 28.5 Å². The van der Waals surface area contributed by atoms with E-state index in [4.69, 9.17) is 16.3 Å². The summed E-state index contributed by atoms with van der Waals surface area (Å²) < 4.78 is 7.86. The predicted octanol–water partition coefficient (Wildman–Crippen LogP) is 4.69. The average Bonchev–Trinajstić information content (AvgIpc) is 3.03. The highest BCUT2D eigenvalue weighted by atomic mass is 35.5. The summed E-state index contributed by atoms with van der Waals surface area (Å²) in [6, 6.07) is 12.6. The molecule has 0 aliphatic rings. The number of halogens is 1. The monoisotopic (exact) mass is 414 g/mol. The Labute approximate surface area is 171 Å². The molecule has 0 spiro atoms. The van der Waals surface area contributed by atoms with Gasteiger partial charge in [0.15, 0.2) is 4.80 Å². The summed E-state index contributed by atoms with van der Waals surface area (Å²) in [5.74, 6) is -0.739. The number of fused-ring (bicyclic) bond motifs is 1. The maximum Gasteiger partial charge on any atom is 0.338 e. The smallest absolute Gasteiger partial charge is 0.338 e. The van der Waals surface area contributed by atoms with Crippen LogP contribution in [0.3, 0.4) is 0 Å². The van der Waals surface area contributed by atoms with Gasteiger partial charge in [0.25, 0.3) is 5.91 Å². The minimum atomic E-state index is -0.376. The molecule has 7 heteroatoms. The first-order valence-corrected chi connectivity index (χ1v) is 10.0. The highest BCUT2D eigenvalue weighted by molar-refractivity contribution is 7.16. The lowest BCUT2D eigenvalue weighted by atomic mass is 10.2. The topological polar surface area (TPSA) is 60.7 Å². The van der Waals surface area contributed by atoms with Crippen molar-refractivity contribution in [2.45, 2.75) is 20.4 Å². The van der Waals surface area contributed by atoms with Crippen LogP contribution in [0.1, 0.15) is 29.8 Å². The summed E-state index contributed by atoms with van der Waals surface area (Å²) in [6.45, 7) is 4.72. The molecule has 144 valence electrons. The van der Waals surface area contributed by atoms with Crippen molar-refractivity contribution in [1.82, 2.24) is 4.57 Å². The first kappa shape index (κ1) is 20.0. The van der Waals surface area contributed by atoms with Crippen LogP contribution in [0.2, 0.25) is 5.02 Å². The highest BCUT2D eigenvalue weighted by Crippen LogP contribution is 2.20. The predicted molar refractivity (Wildman–Crippen MR) is 113 cm³/mol. The lowest BCUT2D eigenvalue weighted by Gasteiger charge is -2.03. The van der Waals surface area contributed by atoms with Crippen molar-refractivity contribution < 1.29 is 14.3 Å². The van der Waals surface area contributed by atoms with E-state index in [1.165, 1.54) is 17.4 Å². The number of hydrogen-bond acceptors (Lipinski definition) is 4. The SMILES string of the molecule is CCOC(=O)c1ccc2c(c1)sc(=NC(=O)C=Cc1ccccc1Cl)n2CC. The fraction of sp³-hybridized carbons (Fsp3) is 0.190. The van der Waals surface area contributed by atoms with Gasteiger partial charge in [0.05, 0.1) is 22.4 Å². The molecule has 0 fully saturated rings. The van der Waals surface area contributed by atoms with Gasteiger partial charge in [-0.05, 0) is 49.8 Å². The van der Waals surface area contributed by atoms with Crippen LogP contribution in [0.25, 0.3) is 16.3 Å². The molecule has 0 unspecified atom stereocenters. The lowest BCUT2D eigenvalue weighted by molar-refractivity contribution is -0.113. The zero-order valence-corrected chi connectivity index (χ0v) is 17.1. The summed E-state index contributed by atoms with van der Waals surface area (Å²) in [5.41, 5.74) is 2.16. The molecule has 3 aromatic rings. The number of amides is 1. The molecule has 0 saturated carbocycles. The zero-order chi connectivity index (χ0) is 20.1. The van der Waals surface area contributed by atoms with E-state index in [9.17, 15) is 9.59 Å². The van der Waals surface area contributed by atoms with E-state index in [1.54, 1.807) is 31.2 Å². The van der Waals surface area contributed by atoms with Crippen LogP contribution in [-0.2, 0) is 16.1 Å². The summed E-state index contributed by atoms with van der Waals surface area (Å²) in [5, 5.41) is 0.573. The molecule has 1 aromatic heterocycles. The van der Waals surface area contributed by atoms with Crippen molar-refractivity contribution in [2.75, 3.05) is 6.61 Å². The van der Waals surface area contributed by atoms with E-state index >= 15 is 0 Å². The number of aryl methyl sites for hydroxylation is 1. The molecule has 3 rings (SSSR count). The Morgan fingerprint density at radius 2 is 2.00 bits per heavy atom. The Kier molecular flexibility index (Phi) is 6.44. The Bertz CT molecular complexity index is 1130. The number of nitrogens with zero attached hydrogens (tertiary/aromatic N) is 2. The van der Waals surface area contributed by atoms with Crippen molar-refractivity contribution in [2.24, 2.45) is 4.99 Å². The molecule has 0 atom stereocenters. The second kappa shape index (κ2) is 8.99. The van der Waals surface area contributed by atoms with Gasteiger partial charge in [0.2, 0.25) is 0 Å². The normalized spacial score (nSPS) is 12.0. The van der Waals surface area contributed by atoms with Gasteiger partial charge in [-0.15, -0.1) is 0 Å². The van der Waals surface area contributed by atoms with Gasteiger partial charge < -0.3 is 9.30 Å². The van der Waals surface area contributed by atoms with E-state index in [-0.39, 0.29) is 11.9 Å². The molecule has 28 heavy (non-hydrogen) atoms. The molecular weight excluding hydrogens is 396 g/mol. The molecule has 2 aromatic carbocycles. The molecule has 1 amide bonds. The zero-order valence-electron chi connectivity index (χ0n) is 15.5. The van der Waals surface area contributed by atoms with E-state index in [0.717, 1.165) is 15.8 Å². The third-order valence-electron chi connectivity index (χ3n) is 4.03. The fourth-order valence-corrected chi connectivity index (χ4v) is 4.05. The Hall–Kier alpha value is -2.70. The fourth-order valence-electron chi connectivity index (χ4n) is 2.71. The average molecular weight is 415 g/mol. The van der Waals surface area contributed by atoms with Gasteiger partial charge in [-0.2, -0.15) is 4.99 Å². The third kappa shape index (κ3) is 4.40. The van der Waals surface area contributed by atoms with Crippen molar-refractivity contribution in [3.05, 3.63) is 69.5 Å². The van der Waals surface area contributed by atoms with Gasteiger partial charge >= 0.3 is 5.97 Å². The second-order valence-electron chi connectivity index (χ2n) is 5.84. The third-order valence-corrected chi connectivity index (χ3v) is 5.41. The molecule has 0 N–H and O–H groups in total. The molecule has 5 nitrogen and oxygen atoms in total. The molecule has 0 radical (unpaired) electrons. The van der Waals surface area contributed by atoms with Crippen molar-refractivity contribution in [3.8, 4) is 0 Å². The number of esters is 1. The Balaban J connectivity index is 1.96. The summed E-state index contributed by atoms with van der Waals surface area (Å²) >= 11 is 7.46. The summed E-state index contributed by atoms with van der Waals surface area (Å²) in [7, 11) is 0. The van der Waals surface area contributed by atoms with E-state index < -0.39 is 0 Å². The van der Waals surface area contributed by atoms with E-state index in [1.807, 2.05) is 35.8 Å². The first-order valence-electron chi connectivity index (χ1n) is 8.85. The minimum absolute atomic E-state index is 0.323. The number of carbonyl (C=O) groups is 2. The van der Waals surface area contributed by atoms with Crippen molar-refractivity contribution in [1.29, 1.82) is 0 Å². The van der Waals surface area contributed by atoms with E-state index in [2.05, 4.69) is 4.99 Å². The molecular formula is C21H19ClN2O3S. The van der Waals surface area contributed by atoms with Crippen LogP contribution >= 0.6 is 22.9 Å². The number of benzene rings is 2. The maximum atomic E-state index is 12.3. The number of ether oxygens (including phenoxy) is 1. The van der Waals surface area contributed by atoms with Gasteiger partial charge in [0, 0.05) is 17.6 Å². The van der Waals surface area contributed by atoms with Gasteiger partial charge in [0.1, 0.15) is 0 Å². The van der Waals surface area contributed by atoms with Crippen LogP contribution in [0.15, 0.2) is 53.5 Å². The lowest BCUT2D eigenvalue weighted by Crippen LogP contribution is -2.15. The quantitative estimate of drug-likeness (QED) is 0.449. The number of aromatic nitrogens is 1. The summed E-state index contributed by atoms with van der Waals surface area (Å²) in [6.07, 6.45) is 3.05. The van der Waals surface area contributed by atoms with Crippen LogP contribution < -0.4 is 4.80 Å². The standard InChI is InChI=1S/C21H19ClN2O3S/c1-3-24-17-11-9-15(20(26)27-4-2)13-18(17)28-21(24)23-19(25)12-10-14-7-5-6-8-16(14)22/h5-13H,3-4H2,1-2H3. The number of hydrogen-bond donors (Lipinski definition) is 0. The molecule has 0 bridgehead atoms. The number of thiazole rings is 1. The van der Waals surface area contributed by atoms with Gasteiger partial charge in [-0.25, -0.2) is 4.79 Å². The molecule has 0 saturated heterocycles. The maximum absolute atomic E-state index is 12.3. The van der Waals surface area contributed by atoms with Crippen molar-refractivity contribution in [3.63, 3.8) is 0 Å². The van der Waals surface area contributed by atoms with Crippen LogP contribution in [0.5, 0.6) is 0 Å². The van der Waals surface area contributed by atoms with Crippen LogP contribution in [0.4, 0.5) is 0 Å². The Morgan fingerprint density at radius 1 is 1.21 bits per heavy atom. The molecule has 0 aliphatic heterocycles. The number of rotatable bonds is 5. The molecule has 1 heterocycles. The van der Waals surface area contributed by atoms with Crippen LogP contribution in [0, 0.1) is 0 Å². The number of carbonyl (C=O) groups excluding carboxylic acids is 2. The molecule has 0 aliphatic carbocycles. The highest BCUT2D eigenvalue weighted by Gasteiger charge is 2.11. The minimum Gasteiger partial charge on any atom is -0.462 e. The van der Waals surface area contributed by atoms with Gasteiger partial charge in [-0.1, -0.05) is 41.1 Å². The Morgan fingerprint density at radius 3 is 2.71 bits per heavy atom. The van der Waals surface area contributed by atoms with Gasteiger partial charge in [-0.3, -0.25) is 4.79 Å².